The largest absolute Gasteiger partial charge is 0.508 e. The van der Waals surface area contributed by atoms with Gasteiger partial charge >= 0.3 is 0 Å². The Bertz CT molecular complexity index is 1130. The zero-order valence-corrected chi connectivity index (χ0v) is 24.8. The average molecular weight is 556 g/mol. The summed E-state index contributed by atoms with van der Waals surface area (Å²) in [4.78, 5) is 7.09. The number of allylic oxidation sites excluding steroid dienone is 3. The van der Waals surface area contributed by atoms with Crippen LogP contribution in [0.25, 0.3) is 5.57 Å². The maximum atomic E-state index is 9.90. The van der Waals surface area contributed by atoms with Gasteiger partial charge in [0, 0.05) is 34.6 Å². The van der Waals surface area contributed by atoms with E-state index in [4.69, 9.17) is 27.8 Å². The van der Waals surface area contributed by atoms with Crippen LogP contribution in [-0.4, -0.2) is 48.2 Å². The first-order valence-electron chi connectivity index (χ1n) is 14.1. The number of guanidine groups is 1. The molecular weight excluding hydrogens is 510 g/mol. The summed E-state index contributed by atoms with van der Waals surface area (Å²) in [5, 5.41) is 13.6. The predicted octanol–water partition coefficient (Wildman–Crippen LogP) is 6.63. The van der Waals surface area contributed by atoms with Gasteiger partial charge in [0.1, 0.15) is 18.1 Å². The molecule has 7 nitrogen and oxygen atoms in total. The lowest BCUT2D eigenvalue weighted by Crippen LogP contribution is -2.28. The molecule has 2 aromatic rings. The number of phenolic OH excluding ortho intramolecular Hbond substituents is 1. The van der Waals surface area contributed by atoms with E-state index in [1.54, 1.807) is 18.2 Å². The zero-order chi connectivity index (χ0) is 28.8. The SMILES string of the molecule is CC.CC.CC1C=C(c2cc(O)ccc2Cl)C=C(N)C(N=C(N)Nc2cccc(OCCN3CCCC3)c2)C1. The third-order valence-electron chi connectivity index (χ3n) is 6.30. The van der Waals surface area contributed by atoms with Crippen molar-refractivity contribution in [3.05, 3.63) is 70.9 Å². The average Bonchev–Trinajstić information content (AvgIpc) is 3.40. The first kappa shape index (κ1) is 32.1. The summed E-state index contributed by atoms with van der Waals surface area (Å²) in [6, 6.07) is 12.3. The number of ether oxygens (including phenoxy) is 1. The second kappa shape index (κ2) is 16.7. The van der Waals surface area contributed by atoms with E-state index in [0.29, 0.717) is 23.7 Å². The van der Waals surface area contributed by atoms with Crippen molar-refractivity contribution in [2.75, 3.05) is 31.6 Å². The molecule has 0 amide bonds. The molecule has 6 N–H and O–H groups in total. The fraction of sp³-hybridized carbons (Fsp3) is 0.452. The van der Waals surface area contributed by atoms with E-state index in [0.717, 1.165) is 42.2 Å². The molecule has 0 saturated carbocycles. The number of anilines is 1. The minimum Gasteiger partial charge on any atom is -0.508 e. The number of nitrogens with one attached hydrogen (secondary N) is 1. The highest BCUT2D eigenvalue weighted by Gasteiger charge is 2.20. The molecule has 0 bridgehead atoms. The number of nitrogens with two attached hydrogens (primary N) is 2. The second-order valence-electron chi connectivity index (χ2n) is 9.22. The van der Waals surface area contributed by atoms with Crippen molar-refractivity contribution < 1.29 is 9.84 Å². The van der Waals surface area contributed by atoms with E-state index in [9.17, 15) is 5.11 Å². The number of hydrogen-bond acceptors (Lipinski definition) is 5. The Hall–Kier alpha value is -3.16. The molecule has 1 aliphatic carbocycles. The quantitative estimate of drug-likeness (QED) is 0.225. The van der Waals surface area contributed by atoms with Crippen LogP contribution in [0.5, 0.6) is 11.5 Å². The summed E-state index contributed by atoms with van der Waals surface area (Å²) in [7, 11) is 0. The molecule has 0 spiro atoms. The minimum atomic E-state index is -0.290. The van der Waals surface area contributed by atoms with Crippen molar-refractivity contribution in [2.24, 2.45) is 22.4 Å². The monoisotopic (exact) mass is 555 g/mol. The molecular formula is C31H46ClN5O2. The molecule has 0 radical (unpaired) electrons. The number of benzene rings is 2. The Morgan fingerprint density at radius 3 is 2.56 bits per heavy atom. The fourth-order valence-corrected chi connectivity index (χ4v) is 4.75. The summed E-state index contributed by atoms with van der Waals surface area (Å²) in [5.41, 5.74) is 15.7. The van der Waals surface area contributed by atoms with Gasteiger partial charge in [0.2, 0.25) is 0 Å². The highest BCUT2D eigenvalue weighted by atomic mass is 35.5. The Kier molecular flexibility index (Phi) is 13.7. The smallest absolute Gasteiger partial charge is 0.193 e. The third-order valence-corrected chi connectivity index (χ3v) is 6.63. The molecule has 1 aliphatic heterocycles. The van der Waals surface area contributed by atoms with Crippen LogP contribution in [0.4, 0.5) is 5.69 Å². The van der Waals surface area contributed by atoms with Crippen molar-refractivity contribution >= 4 is 28.8 Å². The van der Waals surface area contributed by atoms with Gasteiger partial charge in [0.05, 0.1) is 6.04 Å². The fourth-order valence-electron chi connectivity index (χ4n) is 4.53. The second-order valence-corrected chi connectivity index (χ2v) is 9.63. The lowest BCUT2D eigenvalue weighted by Gasteiger charge is -2.16. The Morgan fingerprint density at radius 1 is 1.13 bits per heavy atom. The molecule has 4 rings (SSSR count). The van der Waals surface area contributed by atoms with Crippen LogP contribution in [-0.2, 0) is 0 Å². The van der Waals surface area contributed by atoms with Gasteiger partial charge in [0.25, 0.3) is 0 Å². The molecule has 1 heterocycles. The van der Waals surface area contributed by atoms with Gasteiger partial charge in [-0.05, 0) is 80.3 Å². The Labute approximate surface area is 239 Å². The number of halogens is 1. The normalized spacial score (nSPS) is 19.4. The van der Waals surface area contributed by atoms with Crippen LogP contribution < -0.4 is 21.5 Å². The van der Waals surface area contributed by atoms with E-state index in [2.05, 4.69) is 28.2 Å². The van der Waals surface area contributed by atoms with Crippen molar-refractivity contribution in [1.82, 2.24) is 4.90 Å². The topological polar surface area (TPSA) is 109 Å². The third kappa shape index (κ3) is 10.2. The Balaban J connectivity index is 0.00000127. The summed E-state index contributed by atoms with van der Waals surface area (Å²) < 4.78 is 5.93. The number of likely N-dealkylation sites (tertiary alicyclic amines) is 1. The van der Waals surface area contributed by atoms with Gasteiger partial charge in [-0.25, -0.2) is 4.99 Å². The van der Waals surface area contributed by atoms with Gasteiger partial charge in [-0.1, -0.05) is 58.4 Å². The number of rotatable bonds is 7. The summed E-state index contributed by atoms with van der Waals surface area (Å²) in [5.74, 6) is 1.40. The summed E-state index contributed by atoms with van der Waals surface area (Å²) >= 11 is 6.37. The molecule has 2 atom stereocenters. The van der Waals surface area contributed by atoms with E-state index in [-0.39, 0.29) is 23.7 Å². The molecule has 214 valence electrons. The molecule has 2 unspecified atom stereocenters. The predicted molar refractivity (Wildman–Crippen MR) is 166 cm³/mol. The first-order chi connectivity index (χ1) is 18.9. The lowest BCUT2D eigenvalue weighted by atomic mass is 9.99. The van der Waals surface area contributed by atoms with Crippen molar-refractivity contribution in [3.63, 3.8) is 0 Å². The van der Waals surface area contributed by atoms with Gasteiger partial charge < -0.3 is 26.6 Å². The van der Waals surface area contributed by atoms with Crippen molar-refractivity contribution in [2.45, 2.75) is 59.9 Å². The molecule has 2 aliphatic rings. The summed E-state index contributed by atoms with van der Waals surface area (Å²) in [6.07, 6.45) is 7.21. The van der Waals surface area contributed by atoms with Gasteiger partial charge in [-0.3, -0.25) is 4.90 Å². The first-order valence-corrected chi connectivity index (χ1v) is 14.5. The van der Waals surface area contributed by atoms with Crippen LogP contribution in [0.15, 0.2) is 65.3 Å². The molecule has 2 aromatic carbocycles. The van der Waals surface area contributed by atoms with Gasteiger partial charge in [0.15, 0.2) is 5.96 Å². The molecule has 8 heteroatoms. The van der Waals surface area contributed by atoms with Crippen LogP contribution >= 0.6 is 11.6 Å². The minimum absolute atomic E-state index is 0.152. The number of aromatic hydroxyl groups is 1. The van der Waals surface area contributed by atoms with Crippen molar-refractivity contribution in [1.29, 1.82) is 0 Å². The molecule has 0 aromatic heterocycles. The number of nitrogens with zero attached hydrogens (tertiary/aromatic N) is 2. The van der Waals surface area contributed by atoms with E-state index < -0.39 is 0 Å². The molecule has 1 saturated heterocycles. The van der Waals surface area contributed by atoms with Crippen LogP contribution in [0.1, 0.15) is 59.4 Å². The highest BCUT2D eigenvalue weighted by Crippen LogP contribution is 2.33. The maximum absolute atomic E-state index is 9.90. The van der Waals surface area contributed by atoms with Crippen molar-refractivity contribution in [3.8, 4) is 11.5 Å². The lowest BCUT2D eigenvalue weighted by molar-refractivity contribution is 0.238. The molecule has 39 heavy (non-hydrogen) atoms. The maximum Gasteiger partial charge on any atom is 0.193 e. The summed E-state index contributed by atoms with van der Waals surface area (Å²) in [6.45, 7) is 14.0. The highest BCUT2D eigenvalue weighted by molar-refractivity contribution is 6.32. The van der Waals surface area contributed by atoms with E-state index in [1.807, 2.05) is 58.0 Å². The van der Waals surface area contributed by atoms with Crippen LogP contribution in [0, 0.1) is 5.92 Å². The van der Waals surface area contributed by atoms with Crippen LogP contribution in [0.3, 0.4) is 0 Å². The van der Waals surface area contributed by atoms with Gasteiger partial charge in [-0.2, -0.15) is 0 Å². The zero-order valence-electron chi connectivity index (χ0n) is 24.1. The van der Waals surface area contributed by atoms with Gasteiger partial charge in [-0.15, -0.1) is 0 Å². The van der Waals surface area contributed by atoms with E-state index in [1.165, 1.54) is 12.8 Å². The number of aliphatic imine (C=N–C) groups is 1. The Morgan fingerprint density at radius 2 is 1.85 bits per heavy atom. The standard InChI is InChI=1S/C27H34ClN5O2.2C2H6/c1-18-13-19(23-17-21(34)7-8-24(23)28)15-25(29)26(14-18)32-27(30)31-20-5-4-6-22(16-20)35-12-11-33-9-2-3-10-33;2*1-2/h4-8,13,15-18,26,34H,2-3,9-12,14,29H2,1H3,(H3,30,31,32);2*1-2H3. The van der Waals surface area contributed by atoms with Crippen LogP contribution in [0.2, 0.25) is 5.02 Å². The van der Waals surface area contributed by atoms with E-state index >= 15 is 0 Å². The number of hydrogen-bond donors (Lipinski definition) is 4. The number of phenols is 1. The molecule has 1 fully saturated rings.